The monoisotopic (exact) mass is 484 g/mol. The zero-order chi connectivity index (χ0) is 22.2. The van der Waals surface area contributed by atoms with Gasteiger partial charge in [-0.25, -0.2) is 0 Å². The van der Waals surface area contributed by atoms with Crippen LogP contribution in [0.4, 0.5) is 0 Å². The molecule has 0 atom stereocenters. The predicted octanol–water partition coefficient (Wildman–Crippen LogP) is 4.15. The second-order valence-corrected chi connectivity index (χ2v) is 10.3. The lowest BCUT2D eigenvalue weighted by Gasteiger charge is -2.36. The number of carbonyl (C=O) groups excluding carboxylic acids is 2. The van der Waals surface area contributed by atoms with Gasteiger partial charge in [-0.2, -0.15) is 0 Å². The van der Waals surface area contributed by atoms with Crippen molar-refractivity contribution in [2.45, 2.75) is 19.3 Å². The van der Waals surface area contributed by atoms with Crippen LogP contribution in [0.1, 0.15) is 15.4 Å². The zero-order valence-corrected chi connectivity index (χ0v) is 20.0. The number of aromatic nitrogens is 1. The van der Waals surface area contributed by atoms with Crippen molar-refractivity contribution in [3.8, 4) is 0 Å². The molecule has 0 N–H and O–H groups in total. The third kappa shape index (κ3) is 6.05. The number of hydrogen-bond acceptors (Lipinski definition) is 7. The van der Waals surface area contributed by atoms with Crippen molar-refractivity contribution in [3.63, 3.8) is 0 Å². The third-order valence-electron chi connectivity index (χ3n) is 4.98. The van der Waals surface area contributed by atoms with Crippen molar-refractivity contribution in [2.24, 2.45) is 10.9 Å². The summed E-state index contributed by atoms with van der Waals surface area (Å²) in [5.41, 5.74) is 0.941. The minimum absolute atomic E-state index is 0.189. The van der Waals surface area contributed by atoms with Crippen LogP contribution >= 0.6 is 34.8 Å². The van der Waals surface area contributed by atoms with Gasteiger partial charge in [-0.15, -0.1) is 22.7 Å². The number of aliphatic imine (C=N–C) groups is 1. The van der Waals surface area contributed by atoms with Crippen LogP contribution in [-0.2, 0) is 28.9 Å². The summed E-state index contributed by atoms with van der Waals surface area (Å²) in [4.78, 5) is 37.3. The van der Waals surface area contributed by atoms with Crippen molar-refractivity contribution in [3.05, 3.63) is 74.9 Å². The molecule has 0 bridgehead atoms. The van der Waals surface area contributed by atoms with Gasteiger partial charge in [0.25, 0.3) is 11.8 Å². The van der Waals surface area contributed by atoms with Crippen molar-refractivity contribution in [1.82, 2.24) is 13.6 Å². The van der Waals surface area contributed by atoms with E-state index in [0.29, 0.717) is 26.1 Å². The lowest BCUT2D eigenvalue weighted by Crippen LogP contribution is -2.50. The molecule has 0 aromatic carbocycles. The number of amides is 2. The highest BCUT2D eigenvalue weighted by Crippen LogP contribution is 2.29. The summed E-state index contributed by atoms with van der Waals surface area (Å²) in [6.45, 7) is 1.61. The lowest BCUT2D eigenvalue weighted by atomic mass is 10.1. The van der Waals surface area contributed by atoms with Gasteiger partial charge in [0.1, 0.15) is 0 Å². The molecule has 1 fully saturated rings. The molecule has 4 rings (SSSR count). The first kappa shape index (κ1) is 22.7. The molecular formula is C23H24N4O2S3. The Balaban J connectivity index is 1.41. The third-order valence-corrected chi connectivity index (χ3v) is 7.97. The molecule has 0 radical (unpaired) electrons. The summed E-state index contributed by atoms with van der Waals surface area (Å²) in [6.07, 6.45) is 5.50. The molecule has 2 amide bonds. The van der Waals surface area contributed by atoms with E-state index in [4.69, 9.17) is 0 Å². The van der Waals surface area contributed by atoms with Gasteiger partial charge in [0.05, 0.1) is 12.1 Å². The number of carbonyl (C=O) groups is 2. The molecule has 0 saturated carbocycles. The minimum atomic E-state index is -0.869. The van der Waals surface area contributed by atoms with Gasteiger partial charge in [-0.05, 0) is 35.0 Å². The molecule has 3 aromatic rings. The average Bonchev–Trinajstić information content (AvgIpc) is 3.52. The number of pyridine rings is 1. The SMILES string of the molecule is O=C1C(C=NCCc2ccccn2)C(=O)N(CCc2cccs2)SN1CCc1cccs1. The molecule has 3 aromatic heterocycles. The van der Waals surface area contributed by atoms with Gasteiger partial charge in [-0.3, -0.25) is 28.2 Å². The Labute approximate surface area is 200 Å². The Morgan fingerprint density at radius 2 is 1.53 bits per heavy atom. The Morgan fingerprint density at radius 1 is 0.875 bits per heavy atom. The minimum Gasteiger partial charge on any atom is -0.296 e. The average molecular weight is 485 g/mol. The highest BCUT2D eigenvalue weighted by atomic mass is 32.2. The Morgan fingerprint density at radius 3 is 2.06 bits per heavy atom. The van der Waals surface area contributed by atoms with E-state index in [2.05, 4.69) is 22.1 Å². The molecule has 4 heterocycles. The van der Waals surface area contributed by atoms with Gasteiger partial charge in [-0.1, -0.05) is 18.2 Å². The van der Waals surface area contributed by atoms with Gasteiger partial charge in [0.2, 0.25) is 0 Å². The molecular weight excluding hydrogens is 460 g/mol. The maximum absolute atomic E-state index is 13.1. The molecule has 9 heteroatoms. The van der Waals surface area contributed by atoms with Crippen molar-refractivity contribution < 1.29 is 9.59 Å². The maximum atomic E-state index is 13.1. The Kier molecular flexibility index (Phi) is 8.08. The molecule has 1 aliphatic rings. The highest BCUT2D eigenvalue weighted by molar-refractivity contribution is 7.95. The van der Waals surface area contributed by atoms with E-state index in [-0.39, 0.29) is 11.8 Å². The number of hydrogen-bond donors (Lipinski definition) is 0. The molecule has 0 unspecified atom stereocenters. The van der Waals surface area contributed by atoms with Gasteiger partial charge >= 0.3 is 0 Å². The van der Waals surface area contributed by atoms with Crippen molar-refractivity contribution >= 4 is 52.8 Å². The second-order valence-electron chi connectivity index (χ2n) is 7.23. The summed E-state index contributed by atoms with van der Waals surface area (Å²) >= 11 is 4.60. The summed E-state index contributed by atoms with van der Waals surface area (Å²) in [5.74, 6) is -1.25. The van der Waals surface area contributed by atoms with E-state index in [9.17, 15) is 9.59 Å². The number of nitrogens with zero attached hydrogens (tertiary/aromatic N) is 4. The molecule has 32 heavy (non-hydrogen) atoms. The zero-order valence-electron chi connectivity index (χ0n) is 17.5. The van der Waals surface area contributed by atoms with Gasteiger partial charge in [0, 0.05) is 66.8 Å². The summed E-state index contributed by atoms with van der Waals surface area (Å²) in [6, 6.07) is 13.9. The predicted molar refractivity (Wildman–Crippen MR) is 132 cm³/mol. The van der Waals surface area contributed by atoms with Crippen LogP contribution in [0.15, 0.2) is 64.4 Å². The smallest absolute Gasteiger partial charge is 0.251 e. The summed E-state index contributed by atoms with van der Waals surface area (Å²) in [5, 5.41) is 4.07. The Bertz CT molecular complexity index is 967. The van der Waals surface area contributed by atoms with Crippen molar-refractivity contribution in [2.75, 3.05) is 19.6 Å². The quantitative estimate of drug-likeness (QED) is 0.246. The fraction of sp³-hybridized carbons (Fsp3) is 0.304. The van der Waals surface area contributed by atoms with Crippen LogP contribution in [0, 0.1) is 5.92 Å². The van der Waals surface area contributed by atoms with E-state index >= 15 is 0 Å². The highest BCUT2D eigenvalue weighted by Gasteiger charge is 2.40. The lowest BCUT2D eigenvalue weighted by molar-refractivity contribution is -0.140. The van der Waals surface area contributed by atoms with Gasteiger partial charge in [0.15, 0.2) is 5.92 Å². The molecule has 0 aliphatic carbocycles. The summed E-state index contributed by atoms with van der Waals surface area (Å²) in [7, 11) is 0. The van der Waals surface area contributed by atoms with E-state index in [0.717, 1.165) is 18.5 Å². The van der Waals surface area contributed by atoms with Crippen LogP contribution in [-0.4, -0.2) is 51.3 Å². The molecule has 1 aliphatic heterocycles. The standard InChI is InChI=1S/C23H24N4O2S3/c28-22-21(17-24-12-8-18-5-1-2-11-25-18)23(29)27(14-10-20-7-4-16-31-20)32-26(22)13-9-19-6-3-15-30-19/h1-7,11,15-17,21H,8-10,12-14H2. The largest absolute Gasteiger partial charge is 0.296 e. The van der Waals surface area contributed by atoms with Crippen LogP contribution in [0.25, 0.3) is 0 Å². The molecule has 6 nitrogen and oxygen atoms in total. The first-order valence-corrected chi connectivity index (χ1v) is 12.9. The molecule has 0 spiro atoms. The first-order chi connectivity index (χ1) is 15.7. The Hall–Kier alpha value is -2.49. The van der Waals surface area contributed by atoms with Crippen LogP contribution < -0.4 is 0 Å². The van der Waals surface area contributed by atoms with Crippen LogP contribution in [0.5, 0.6) is 0 Å². The van der Waals surface area contributed by atoms with E-state index in [1.807, 2.05) is 41.1 Å². The maximum Gasteiger partial charge on any atom is 0.251 e. The number of thiophene rings is 2. The fourth-order valence-corrected chi connectivity index (χ4v) is 5.65. The van der Waals surface area contributed by atoms with E-state index in [1.165, 1.54) is 28.1 Å². The van der Waals surface area contributed by atoms with Gasteiger partial charge < -0.3 is 0 Å². The fourth-order valence-electron chi connectivity index (χ4n) is 3.28. The molecule has 166 valence electrons. The normalized spacial score (nSPS) is 15.2. The number of rotatable bonds is 10. The second kappa shape index (κ2) is 11.4. The van der Waals surface area contributed by atoms with Crippen molar-refractivity contribution in [1.29, 1.82) is 0 Å². The first-order valence-electron chi connectivity index (χ1n) is 10.5. The topological polar surface area (TPSA) is 65.9 Å². The molecule has 1 saturated heterocycles. The van der Waals surface area contributed by atoms with E-state index in [1.54, 1.807) is 37.5 Å². The summed E-state index contributed by atoms with van der Waals surface area (Å²) < 4.78 is 3.43. The van der Waals surface area contributed by atoms with E-state index < -0.39 is 5.92 Å². The van der Waals surface area contributed by atoms with Crippen LogP contribution in [0.2, 0.25) is 0 Å². The van der Waals surface area contributed by atoms with Crippen LogP contribution in [0.3, 0.4) is 0 Å².